The van der Waals surface area contributed by atoms with Crippen molar-refractivity contribution in [2.75, 3.05) is 24.8 Å². The van der Waals surface area contributed by atoms with E-state index in [9.17, 15) is 0 Å². The Bertz CT molecular complexity index is 378. The predicted molar refractivity (Wildman–Crippen MR) is 63.6 cm³/mol. The number of aromatic nitrogens is 2. The highest BCUT2D eigenvalue weighted by atomic mass is 16.5. The van der Waals surface area contributed by atoms with E-state index >= 15 is 0 Å². The topological polar surface area (TPSA) is 64.3 Å². The molecule has 0 amide bonds. The molecule has 2 N–H and O–H groups in total. The van der Waals surface area contributed by atoms with Gasteiger partial charge in [0.2, 0.25) is 5.88 Å². The molecule has 1 aliphatic carbocycles. The first-order valence-electron chi connectivity index (χ1n) is 5.52. The normalized spacial score (nSPS) is 16.9. The van der Waals surface area contributed by atoms with Gasteiger partial charge in [-0.3, -0.25) is 0 Å². The van der Waals surface area contributed by atoms with Gasteiger partial charge in [0.25, 0.3) is 0 Å². The summed E-state index contributed by atoms with van der Waals surface area (Å²) >= 11 is 0. The Kier molecular flexibility index (Phi) is 2.85. The third-order valence-corrected chi connectivity index (χ3v) is 3.27. The number of hydrogen-bond acceptors (Lipinski definition) is 5. The van der Waals surface area contributed by atoms with Crippen molar-refractivity contribution < 1.29 is 4.74 Å². The maximum Gasteiger partial charge on any atom is 0.242 e. The summed E-state index contributed by atoms with van der Waals surface area (Å²) in [5, 5.41) is 0. The van der Waals surface area contributed by atoms with Gasteiger partial charge in [-0.2, -0.15) is 4.98 Å². The first kappa shape index (κ1) is 11.0. The molecule has 5 heteroatoms. The van der Waals surface area contributed by atoms with Gasteiger partial charge in [-0.25, -0.2) is 4.98 Å². The van der Waals surface area contributed by atoms with Gasteiger partial charge in [-0.1, -0.05) is 0 Å². The lowest BCUT2D eigenvalue weighted by Crippen LogP contribution is -2.32. The van der Waals surface area contributed by atoms with Crippen LogP contribution in [-0.2, 0) is 0 Å². The van der Waals surface area contributed by atoms with Gasteiger partial charge in [0.05, 0.1) is 7.11 Å². The van der Waals surface area contributed by atoms with Gasteiger partial charge in [0.1, 0.15) is 12.0 Å². The fourth-order valence-corrected chi connectivity index (χ4v) is 1.90. The molecule has 1 atom stereocenters. The van der Waals surface area contributed by atoms with Crippen molar-refractivity contribution in [1.29, 1.82) is 0 Å². The van der Waals surface area contributed by atoms with Crippen molar-refractivity contribution >= 4 is 11.5 Å². The summed E-state index contributed by atoms with van der Waals surface area (Å²) in [4.78, 5) is 10.3. The van der Waals surface area contributed by atoms with E-state index in [0.29, 0.717) is 17.6 Å². The van der Waals surface area contributed by atoms with Crippen LogP contribution in [0.3, 0.4) is 0 Å². The van der Waals surface area contributed by atoms with Gasteiger partial charge < -0.3 is 15.4 Å². The van der Waals surface area contributed by atoms with E-state index in [1.165, 1.54) is 19.2 Å². The lowest BCUT2D eigenvalue weighted by molar-refractivity contribution is 0.399. The zero-order valence-corrected chi connectivity index (χ0v) is 9.97. The number of rotatable bonds is 4. The molecule has 16 heavy (non-hydrogen) atoms. The molecular formula is C11H18N4O. The van der Waals surface area contributed by atoms with E-state index in [0.717, 1.165) is 11.7 Å². The number of nitrogen functional groups attached to an aromatic ring is 1. The molecule has 0 radical (unpaired) electrons. The molecule has 1 aromatic heterocycles. The summed E-state index contributed by atoms with van der Waals surface area (Å²) in [6, 6.07) is 0.460. The number of nitrogens with two attached hydrogens (primary N) is 1. The molecule has 2 rings (SSSR count). The first-order chi connectivity index (χ1) is 7.65. The Labute approximate surface area is 95.6 Å². The monoisotopic (exact) mass is 222 g/mol. The van der Waals surface area contributed by atoms with Gasteiger partial charge >= 0.3 is 0 Å². The second-order valence-electron chi connectivity index (χ2n) is 4.31. The molecule has 0 saturated heterocycles. The van der Waals surface area contributed by atoms with Crippen molar-refractivity contribution in [3.8, 4) is 5.88 Å². The lowest BCUT2D eigenvalue weighted by atomic mass is 10.2. The fourth-order valence-electron chi connectivity index (χ4n) is 1.90. The van der Waals surface area contributed by atoms with Crippen LogP contribution in [0.1, 0.15) is 19.8 Å². The molecule has 0 aromatic carbocycles. The summed E-state index contributed by atoms with van der Waals surface area (Å²) in [6.07, 6.45) is 4.09. The van der Waals surface area contributed by atoms with E-state index in [1.807, 2.05) is 7.05 Å². The van der Waals surface area contributed by atoms with Crippen molar-refractivity contribution in [1.82, 2.24) is 9.97 Å². The Morgan fingerprint density at radius 2 is 2.19 bits per heavy atom. The molecule has 88 valence electrons. The SMILES string of the molecule is COc1ncnc(N(C)C(C)C2CC2)c1N. The minimum atomic E-state index is 0.444. The molecular weight excluding hydrogens is 204 g/mol. The van der Waals surface area contributed by atoms with Crippen molar-refractivity contribution in [2.24, 2.45) is 5.92 Å². The second-order valence-corrected chi connectivity index (χ2v) is 4.31. The van der Waals surface area contributed by atoms with Gasteiger partial charge in [0.15, 0.2) is 5.82 Å². The molecule has 1 saturated carbocycles. The molecule has 1 fully saturated rings. The van der Waals surface area contributed by atoms with Crippen LogP contribution >= 0.6 is 0 Å². The highest BCUT2D eigenvalue weighted by Gasteiger charge is 2.32. The summed E-state index contributed by atoms with van der Waals surface area (Å²) in [5.41, 5.74) is 6.48. The molecule has 0 spiro atoms. The zero-order valence-electron chi connectivity index (χ0n) is 9.97. The van der Waals surface area contributed by atoms with Crippen molar-refractivity contribution in [2.45, 2.75) is 25.8 Å². The van der Waals surface area contributed by atoms with Crippen LogP contribution in [0.15, 0.2) is 6.33 Å². The molecule has 1 aromatic rings. The van der Waals surface area contributed by atoms with Crippen LogP contribution < -0.4 is 15.4 Å². The van der Waals surface area contributed by atoms with Crippen molar-refractivity contribution in [3.05, 3.63) is 6.33 Å². The van der Waals surface area contributed by atoms with Crippen molar-refractivity contribution in [3.63, 3.8) is 0 Å². The maximum atomic E-state index is 5.96. The predicted octanol–water partition coefficient (Wildman–Crippen LogP) is 1.30. The largest absolute Gasteiger partial charge is 0.479 e. The highest BCUT2D eigenvalue weighted by molar-refractivity contribution is 5.67. The minimum absolute atomic E-state index is 0.444. The standard InChI is InChI=1S/C11H18N4O/c1-7(8-4-5-8)15(2)10-9(12)11(16-3)14-6-13-10/h6-8H,4-5,12H2,1-3H3. The van der Waals surface area contributed by atoms with Crippen LogP contribution in [0.4, 0.5) is 11.5 Å². The Balaban J connectivity index is 2.24. The molecule has 0 bridgehead atoms. The Morgan fingerprint density at radius 3 is 2.75 bits per heavy atom. The quantitative estimate of drug-likeness (QED) is 0.832. The van der Waals surface area contributed by atoms with Crippen LogP contribution in [0.5, 0.6) is 5.88 Å². The lowest BCUT2D eigenvalue weighted by Gasteiger charge is -2.27. The molecule has 5 nitrogen and oxygen atoms in total. The molecule has 1 heterocycles. The van der Waals surface area contributed by atoms with E-state index in [1.54, 1.807) is 7.11 Å². The van der Waals surface area contributed by atoms with Gasteiger partial charge in [0, 0.05) is 13.1 Å². The number of methoxy groups -OCH3 is 1. The summed E-state index contributed by atoms with van der Waals surface area (Å²) < 4.78 is 5.09. The average Bonchev–Trinajstić information content (AvgIpc) is 3.11. The van der Waals surface area contributed by atoms with E-state index < -0.39 is 0 Å². The van der Waals surface area contributed by atoms with E-state index in [4.69, 9.17) is 10.5 Å². The van der Waals surface area contributed by atoms with E-state index in [2.05, 4.69) is 21.8 Å². The van der Waals surface area contributed by atoms with Crippen LogP contribution in [0, 0.1) is 5.92 Å². The molecule has 0 aliphatic heterocycles. The zero-order chi connectivity index (χ0) is 11.7. The number of nitrogens with zero attached hydrogens (tertiary/aromatic N) is 3. The summed E-state index contributed by atoms with van der Waals surface area (Å²) in [5.74, 6) is 1.97. The van der Waals surface area contributed by atoms with Crippen LogP contribution in [0.25, 0.3) is 0 Å². The third kappa shape index (κ3) is 1.89. The van der Waals surface area contributed by atoms with Gasteiger partial charge in [-0.05, 0) is 25.7 Å². The highest BCUT2D eigenvalue weighted by Crippen LogP contribution is 2.37. The Hall–Kier alpha value is -1.52. The maximum absolute atomic E-state index is 5.96. The number of anilines is 2. The number of ether oxygens (including phenoxy) is 1. The summed E-state index contributed by atoms with van der Waals surface area (Å²) in [7, 11) is 3.58. The Morgan fingerprint density at radius 1 is 1.50 bits per heavy atom. The van der Waals surface area contributed by atoms with Crippen LogP contribution in [0.2, 0.25) is 0 Å². The second kappa shape index (κ2) is 4.15. The smallest absolute Gasteiger partial charge is 0.242 e. The third-order valence-electron chi connectivity index (χ3n) is 3.27. The van der Waals surface area contributed by atoms with Crippen LogP contribution in [-0.4, -0.2) is 30.2 Å². The number of hydrogen-bond donors (Lipinski definition) is 1. The van der Waals surface area contributed by atoms with Gasteiger partial charge in [-0.15, -0.1) is 0 Å². The van der Waals surface area contributed by atoms with E-state index in [-0.39, 0.29) is 0 Å². The summed E-state index contributed by atoms with van der Waals surface area (Å²) in [6.45, 7) is 2.20. The average molecular weight is 222 g/mol. The first-order valence-corrected chi connectivity index (χ1v) is 5.52. The molecule has 1 aliphatic rings. The molecule has 1 unspecified atom stereocenters. The minimum Gasteiger partial charge on any atom is -0.479 e. The fraction of sp³-hybridized carbons (Fsp3) is 0.636.